The summed E-state index contributed by atoms with van der Waals surface area (Å²) in [6.45, 7) is 10.4. The zero-order chi connectivity index (χ0) is 27.3. The van der Waals surface area contributed by atoms with Crippen molar-refractivity contribution in [1.82, 2.24) is 5.16 Å². The smallest absolute Gasteiger partial charge is 0.269 e. The van der Waals surface area contributed by atoms with Crippen LogP contribution in [0.4, 0.5) is 11.6 Å². The summed E-state index contributed by atoms with van der Waals surface area (Å²) in [5, 5.41) is 6.61. The average Bonchev–Trinajstić information content (AvgIpc) is 3.16. The van der Waals surface area contributed by atoms with E-state index in [9.17, 15) is 13.2 Å². The molecule has 1 heterocycles. The van der Waals surface area contributed by atoms with Gasteiger partial charge in [0.1, 0.15) is 6.73 Å². The Morgan fingerprint density at radius 1 is 1.11 bits per heavy atom. The zero-order valence-corrected chi connectivity index (χ0v) is 23.2. The van der Waals surface area contributed by atoms with Gasteiger partial charge in [-0.25, -0.2) is 12.7 Å². The van der Waals surface area contributed by atoms with Gasteiger partial charge in [-0.3, -0.25) is 4.79 Å². The van der Waals surface area contributed by atoms with Crippen LogP contribution < -0.4 is 9.62 Å². The number of aryl methyl sites for hydroxylation is 1. The number of carbonyl (C=O) groups excluding carboxylic acids is 1. The highest BCUT2D eigenvalue weighted by Crippen LogP contribution is 2.36. The standard InChI is InChI=1S/C27H35N3O6S/c1-17(2)14-22-8-10-23(11-9-22)25-13-12-24(28-20(5)31)15-26(25)37(32,33)30(16-35-21(6)34-7)27-18(3)19(4)29-36-27/h8-13,15,17,21H,14,16H2,1-7H3,(H,28,31). The molecule has 37 heavy (non-hydrogen) atoms. The molecule has 3 rings (SSSR count). The van der Waals surface area contributed by atoms with Gasteiger partial charge in [0, 0.05) is 30.8 Å². The predicted octanol–water partition coefficient (Wildman–Crippen LogP) is 5.28. The quantitative estimate of drug-likeness (QED) is 0.337. The maximum Gasteiger partial charge on any atom is 0.269 e. The summed E-state index contributed by atoms with van der Waals surface area (Å²) in [6, 6.07) is 12.6. The maximum absolute atomic E-state index is 14.2. The Labute approximate surface area is 218 Å². The lowest BCUT2D eigenvalue weighted by molar-refractivity contribution is -0.114. The first-order chi connectivity index (χ1) is 17.4. The van der Waals surface area contributed by atoms with Crippen LogP contribution in [0.1, 0.15) is 44.5 Å². The van der Waals surface area contributed by atoms with Gasteiger partial charge in [0.25, 0.3) is 10.0 Å². The van der Waals surface area contributed by atoms with Gasteiger partial charge in [-0.2, -0.15) is 0 Å². The van der Waals surface area contributed by atoms with Crippen molar-refractivity contribution in [3.05, 3.63) is 59.3 Å². The van der Waals surface area contributed by atoms with E-state index in [-0.39, 0.29) is 23.4 Å². The van der Waals surface area contributed by atoms with Gasteiger partial charge in [-0.15, -0.1) is 0 Å². The Morgan fingerprint density at radius 2 is 1.78 bits per heavy atom. The van der Waals surface area contributed by atoms with Crippen LogP contribution in [0.3, 0.4) is 0 Å². The molecule has 0 saturated heterocycles. The molecular weight excluding hydrogens is 494 g/mol. The molecule has 9 nitrogen and oxygen atoms in total. The van der Waals surface area contributed by atoms with Crippen molar-refractivity contribution in [2.45, 2.75) is 59.1 Å². The van der Waals surface area contributed by atoms with E-state index >= 15 is 0 Å². The van der Waals surface area contributed by atoms with Gasteiger partial charge >= 0.3 is 0 Å². The largest absolute Gasteiger partial charge is 0.356 e. The molecule has 0 radical (unpaired) electrons. The number of hydrogen-bond acceptors (Lipinski definition) is 7. The van der Waals surface area contributed by atoms with E-state index in [1.54, 1.807) is 32.9 Å². The van der Waals surface area contributed by atoms with Gasteiger partial charge in [-0.05, 0) is 56.4 Å². The Kier molecular flexibility index (Phi) is 9.12. The molecule has 10 heteroatoms. The maximum atomic E-state index is 14.2. The van der Waals surface area contributed by atoms with Crippen molar-refractivity contribution in [2.24, 2.45) is 5.92 Å². The molecule has 200 valence electrons. The summed E-state index contributed by atoms with van der Waals surface area (Å²) >= 11 is 0. The molecule has 1 aromatic heterocycles. The molecular formula is C27H35N3O6S. The van der Waals surface area contributed by atoms with Crippen molar-refractivity contribution >= 4 is 27.5 Å². The second-order valence-electron chi connectivity index (χ2n) is 9.34. The number of hydrogen-bond donors (Lipinski definition) is 1. The van der Waals surface area contributed by atoms with Crippen LogP contribution in [-0.2, 0) is 30.7 Å². The molecule has 1 amide bonds. The van der Waals surface area contributed by atoms with E-state index in [4.69, 9.17) is 14.0 Å². The summed E-state index contributed by atoms with van der Waals surface area (Å²) in [7, 11) is -2.80. The normalized spacial score (nSPS) is 12.5. The predicted molar refractivity (Wildman–Crippen MR) is 143 cm³/mol. The van der Waals surface area contributed by atoms with Gasteiger partial charge < -0.3 is 19.3 Å². The number of carbonyl (C=O) groups is 1. The Balaban J connectivity index is 2.17. The zero-order valence-electron chi connectivity index (χ0n) is 22.4. The first-order valence-electron chi connectivity index (χ1n) is 12.0. The molecule has 0 fully saturated rings. The Bertz CT molecular complexity index is 1330. The SMILES string of the molecule is COC(C)OCN(c1onc(C)c1C)S(=O)(=O)c1cc(NC(C)=O)ccc1-c1ccc(CC(C)C)cc1. The van der Waals surface area contributed by atoms with Gasteiger partial charge in [0.2, 0.25) is 11.8 Å². The third kappa shape index (κ3) is 6.76. The fourth-order valence-corrected chi connectivity index (χ4v) is 5.34. The van der Waals surface area contributed by atoms with Crippen molar-refractivity contribution in [1.29, 1.82) is 0 Å². The van der Waals surface area contributed by atoms with E-state index in [1.807, 2.05) is 24.3 Å². The first kappa shape index (κ1) is 28.4. The number of amides is 1. The van der Waals surface area contributed by atoms with Crippen LogP contribution >= 0.6 is 0 Å². The van der Waals surface area contributed by atoms with E-state index < -0.39 is 16.3 Å². The molecule has 2 aromatic carbocycles. The van der Waals surface area contributed by atoms with Gasteiger partial charge in [0.15, 0.2) is 6.29 Å². The molecule has 3 aromatic rings. The highest BCUT2D eigenvalue weighted by molar-refractivity contribution is 7.93. The number of nitrogens with one attached hydrogen (secondary N) is 1. The van der Waals surface area contributed by atoms with Crippen LogP contribution in [-0.4, -0.2) is 39.6 Å². The molecule has 0 bridgehead atoms. The number of aromatic nitrogens is 1. The third-order valence-corrected chi connectivity index (χ3v) is 7.64. The highest BCUT2D eigenvalue weighted by atomic mass is 32.2. The second kappa shape index (κ2) is 11.9. The van der Waals surface area contributed by atoms with Crippen LogP contribution in [0.25, 0.3) is 11.1 Å². The monoisotopic (exact) mass is 529 g/mol. The van der Waals surface area contributed by atoms with Crippen LogP contribution in [0, 0.1) is 19.8 Å². The minimum atomic E-state index is -4.27. The Hall–Kier alpha value is -3.21. The molecule has 0 spiro atoms. The topological polar surface area (TPSA) is 111 Å². The summed E-state index contributed by atoms with van der Waals surface area (Å²) < 4.78 is 45.7. The number of nitrogens with zero attached hydrogens (tertiary/aromatic N) is 2. The highest BCUT2D eigenvalue weighted by Gasteiger charge is 2.33. The average molecular weight is 530 g/mol. The Morgan fingerprint density at radius 3 is 2.32 bits per heavy atom. The third-order valence-electron chi connectivity index (χ3n) is 5.90. The lowest BCUT2D eigenvalue weighted by Crippen LogP contribution is -2.35. The van der Waals surface area contributed by atoms with Crippen LogP contribution in [0.15, 0.2) is 51.9 Å². The molecule has 0 aliphatic rings. The number of benzene rings is 2. The first-order valence-corrected chi connectivity index (χ1v) is 13.5. The lowest BCUT2D eigenvalue weighted by Gasteiger charge is -2.25. The molecule has 0 aliphatic heterocycles. The molecule has 1 N–H and O–H groups in total. The van der Waals surface area contributed by atoms with E-state index in [1.165, 1.54) is 20.1 Å². The summed E-state index contributed by atoms with van der Waals surface area (Å²) in [4.78, 5) is 11.7. The fraction of sp³-hybridized carbons (Fsp3) is 0.407. The van der Waals surface area contributed by atoms with E-state index in [0.29, 0.717) is 28.4 Å². The fourth-order valence-electron chi connectivity index (χ4n) is 3.78. The second-order valence-corrected chi connectivity index (χ2v) is 11.2. The summed E-state index contributed by atoms with van der Waals surface area (Å²) in [6.07, 6.45) is 0.250. The number of anilines is 2. The lowest BCUT2D eigenvalue weighted by atomic mass is 9.99. The summed E-state index contributed by atoms with van der Waals surface area (Å²) in [5.41, 5.74) is 3.83. The van der Waals surface area contributed by atoms with Crippen LogP contribution in [0.5, 0.6) is 0 Å². The van der Waals surface area contributed by atoms with Crippen molar-refractivity contribution < 1.29 is 27.2 Å². The number of ether oxygens (including phenoxy) is 2. The number of sulfonamides is 1. The molecule has 0 aliphatic carbocycles. The number of methoxy groups -OCH3 is 1. The minimum Gasteiger partial charge on any atom is -0.356 e. The summed E-state index contributed by atoms with van der Waals surface area (Å²) in [5.74, 6) is 0.226. The molecule has 0 saturated carbocycles. The van der Waals surface area contributed by atoms with Crippen molar-refractivity contribution in [3.63, 3.8) is 0 Å². The van der Waals surface area contributed by atoms with E-state index in [2.05, 4.69) is 24.3 Å². The molecule has 1 atom stereocenters. The molecule has 1 unspecified atom stereocenters. The van der Waals surface area contributed by atoms with Gasteiger partial charge in [0.05, 0.1) is 10.6 Å². The number of rotatable bonds is 11. The van der Waals surface area contributed by atoms with Gasteiger partial charge in [-0.1, -0.05) is 49.3 Å². The minimum absolute atomic E-state index is 0.0162. The van der Waals surface area contributed by atoms with Crippen molar-refractivity contribution in [2.75, 3.05) is 23.5 Å². The van der Waals surface area contributed by atoms with E-state index in [0.717, 1.165) is 21.9 Å². The van der Waals surface area contributed by atoms with Crippen molar-refractivity contribution in [3.8, 4) is 11.1 Å². The van der Waals surface area contributed by atoms with Crippen LogP contribution in [0.2, 0.25) is 0 Å².